The molecule has 0 unspecified atom stereocenters. The molecule has 21 heavy (non-hydrogen) atoms. The van der Waals surface area contributed by atoms with E-state index in [4.69, 9.17) is 21.1 Å². The first-order chi connectivity index (χ1) is 10.1. The van der Waals surface area contributed by atoms with Gasteiger partial charge in [-0.15, -0.1) is 0 Å². The summed E-state index contributed by atoms with van der Waals surface area (Å²) in [6, 6.07) is 7.80. The van der Waals surface area contributed by atoms with Gasteiger partial charge in [-0.1, -0.05) is 18.0 Å². The molecule has 2 fully saturated rings. The standard InChI is InChI=1S/C16H22ClNO3/c17-13-4-6-15(7-5-13)21-12-16(19)10-18(8-9-20-11-16)14-2-1-3-14/h4-7,14,19H,1-3,8-12H2/t16-/m1/s1. The molecule has 4 nitrogen and oxygen atoms in total. The molecule has 0 spiro atoms. The van der Waals surface area contributed by atoms with Gasteiger partial charge < -0.3 is 14.6 Å². The quantitative estimate of drug-likeness (QED) is 0.927. The Hall–Kier alpha value is -0.810. The summed E-state index contributed by atoms with van der Waals surface area (Å²) < 4.78 is 11.3. The number of hydrogen-bond acceptors (Lipinski definition) is 4. The molecule has 0 aromatic heterocycles. The highest BCUT2D eigenvalue weighted by Crippen LogP contribution is 2.27. The first-order valence-corrected chi connectivity index (χ1v) is 7.95. The van der Waals surface area contributed by atoms with E-state index in [2.05, 4.69) is 4.90 Å². The summed E-state index contributed by atoms with van der Waals surface area (Å²) in [7, 11) is 0. The van der Waals surface area contributed by atoms with Crippen molar-refractivity contribution in [2.45, 2.75) is 30.9 Å². The molecule has 0 bridgehead atoms. The van der Waals surface area contributed by atoms with Gasteiger partial charge in [-0.25, -0.2) is 0 Å². The lowest BCUT2D eigenvalue weighted by Crippen LogP contribution is -2.52. The molecular formula is C16H22ClNO3. The lowest BCUT2D eigenvalue weighted by Gasteiger charge is -2.39. The van der Waals surface area contributed by atoms with Crippen LogP contribution in [0.5, 0.6) is 5.75 Å². The third kappa shape index (κ3) is 3.89. The minimum atomic E-state index is -0.953. The van der Waals surface area contributed by atoms with Gasteiger partial charge in [0.15, 0.2) is 0 Å². The van der Waals surface area contributed by atoms with Crippen LogP contribution in [0.1, 0.15) is 19.3 Å². The minimum Gasteiger partial charge on any atom is -0.490 e. The second-order valence-electron chi connectivity index (χ2n) is 6.07. The Labute approximate surface area is 130 Å². The summed E-state index contributed by atoms with van der Waals surface area (Å²) in [5.41, 5.74) is -0.953. The van der Waals surface area contributed by atoms with Crippen LogP contribution in [0.2, 0.25) is 5.02 Å². The third-order valence-corrected chi connectivity index (χ3v) is 4.56. The molecule has 1 aliphatic heterocycles. The number of halogens is 1. The van der Waals surface area contributed by atoms with Crippen LogP contribution in [-0.2, 0) is 4.74 Å². The zero-order valence-electron chi connectivity index (χ0n) is 12.1. The maximum atomic E-state index is 10.8. The van der Waals surface area contributed by atoms with Gasteiger partial charge in [0, 0.05) is 24.2 Å². The van der Waals surface area contributed by atoms with Gasteiger partial charge in [-0.05, 0) is 37.1 Å². The SMILES string of the molecule is O[C@@]1(COc2ccc(Cl)cc2)COCCN(C2CCC2)C1. The van der Waals surface area contributed by atoms with Crippen molar-refractivity contribution in [2.24, 2.45) is 0 Å². The predicted octanol–water partition coefficient (Wildman–Crippen LogP) is 2.33. The molecule has 1 saturated carbocycles. The van der Waals surface area contributed by atoms with Gasteiger partial charge in [0.25, 0.3) is 0 Å². The molecule has 116 valence electrons. The molecule has 1 aliphatic carbocycles. The van der Waals surface area contributed by atoms with Crippen LogP contribution in [-0.4, -0.2) is 54.6 Å². The van der Waals surface area contributed by atoms with Crippen LogP contribution in [0.4, 0.5) is 0 Å². The average molecular weight is 312 g/mol. The largest absolute Gasteiger partial charge is 0.490 e. The maximum Gasteiger partial charge on any atom is 0.134 e. The van der Waals surface area contributed by atoms with E-state index in [0.717, 1.165) is 6.54 Å². The fourth-order valence-corrected chi connectivity index (χ4v) is 2.97. The molecule has 1 atom stereocenters. The van der Waals surface area contributed by atoms with E-state index in [0.29, 0.717) is 36.6 Å². The van der Waals surface area contributed by atoms with E-state index in [1.165, 1.54) is 19.3 Å². The summed E-state index contributed by atoms with van der Waals surface area (Å²) in [5, 5.41) is 11.5. The predicted molar refractivity (Wildman–Crippen MR) is 81.9 cm³/mol. The minimum absolute atomic E-state index is 0.234. The zero-order chi connectivity index (χ0) is 14.7. The summed E-state index contributed by atoms with van der Waals surface area (Å²) >= 11 is 5.85. The molecule has 1 N–H and O–H groups in total. The van der Waals surface area contributed by atoms with Gasteiger partial charge in [0.2, 0.25) is 0 Å². The Kier molecular flexibility index (Phi) is 4.69. The molecule has 1 saturated heterocycles. The Morgan fingerprint density at radius 3 is 2.76 bits per heavy atom. The van der Waals surface area contributed by atoms with Crippen LogP contribution in [0.3, 0.4) is 0 Å². The fourth-order valence-electron chi connectivity index (χ4n) is 2.85. The van der Waals surface area contributed by atoms with Gasteiger partial charge in [0.1, 0.15) is 18.0 Å². The Morgan fingerprint density at radius 2 is 2.10 bits per heavy atom. The number of benzene rings is 1. The topological polar surface area (TPSA) is 41.9 Å². The van der Waals surface area contributed by atoms with Crippen LogP contribution in [0.25, 0.3) is 0 Å². The number of rotatable bonds is 4. The number of ether oxygens (including phenoxy) is 2. The second kappa shape index (κ2) is 6.53. The third-order valence-electron chi connectivity index (χ3n) is 4.30. The maximum absolute atomic E-state index is 10.8. The van der Waals surface area contributed by atoms with Crippen LogP contribution in [0, 0.1) is 0 Å². The first kappa shape index (κ1) is 15.1. The lowest BCUT2D eigenvalue weighted by molar-refractivity contribution is -0.0698. The molecule has 2 aliphatic rings. The molecule has 0 radical (unpaired) electrons. The molecule has 5 heteroatoms. The van der Waals surface area contributed by atoms with E-state index < -0.39 is 5.60 Å². The number of nitrogens with zero attached hydrogens (tertiary/aromatic N) is 1. The highest BCUT2D eigenvalue weighted by Gasteiger charge is 2.37. The smallest absolute Gasteiger partial charge is 0.134 e. The molecule has 1 heterocycles. The average Bonchev–Trinajstić information content (AvgIpc) is 2.59. The van der Waals surface area contributed by atoms with Crippen LogP contribution in [0.15, 0.2) is 24.3 Å². The highest BCUT2D eigenvalue weighted by atomic mass is 35.5. The molecule has 0 amide bonds. The summed E-state index contributed by atoms with van der Waals surface area (Å²) in [5.74, 6) is 0.715. The Bertz CT molecular complexity index is 463. The summed E-state index contributed by atoms with van der Waals surface area (Å²) in [4.78, 5) is 2.35. The summed E-state index contributed by atoms with van der Waals surface area (Å²) in [6.45, 7) is 2.75. The van der Waals surface area contributed by atoms with Crippen molar-refractivity contribution >= 4 is 11.6 Å². The van der Waals surface area contributed by atoms with Crippen LogP contribution < -0.4 is 4.74 Å². The van der Waals surface area contributed by atoms with Gasteiger partial charge >= 0.3 is 0 Å². The Morgan fingerprint density at radius 1 is 1.33 bits per heavy atom. The van der Waals surface area contributed by atoms with Gasteiger partial charge in [-0.2, -0.15) is 0 Å². The van der Waals surface area contributed by atoms with Crippen molar-refractivity contribution in [1.29, 1.82) is 0 Å². The van der Waals surface area contributed by atoms with Crippen molar-refractivity contribution in [3.8, 4) is 5.75 Å². The van der Waals surface area contributed by atoms with Crippen molar-refractivity contribution < 1.29 is 14.6 Å². The number of β-amino-alcohol motifs (C(OH)–C–C–N with tert-alkyl or cyclic N) is 1. The monoisotopic (exact) mass is 311 g/mol. The molecule has 1 aromatic carbocycles. The Balaban J connectivity index is 1.59. The lowest BCUT2D eigenvalue weighted by atomic mass is 9.90. The van der Waals surface area contributed by atoms with Crippen molar-refractivity contribution in [3.63, 3.8) is 0 Å². The van der Waals surface area contributed by atoms with E-state index in [1.54, 1.807) is 12.1 Å². The van der Waals surface area contributed by atoms with E-state index in [1.807, 2.05) is 12.1 Å². The number of aliphatic hydroxyl groups is 1. The zero-order valence-corrected chi connectivity index (χ0v) is 12.9. The molecule has 1 aromatic rings. The van der Waals surface area contributed by atoms with Crippen molar-refractivity contribution in [2.75, 3.05) is 32.9 Å². The summed E-state index contributed by atoms with van der Waals surface area (Å²) in [6.07, 6.45) is 3.75. The van der Waals surface area contributed by atoms with Crippen molar-refractivity contribution in [1.82, 2.24) is 4.90 Å². The van der Waals surface area contributed by atoms with Crippen molar-refractivity contribution in [3.05, 3.63) is 29.3 Å². The number of hydrogen-bond donors (Lipinski definition) is 1. The normalized spacial score (nSPS) is 27.9. The first-order valence-electron chi connectivity index (χ1n) is 7.57. The fraction of sp³-hybridized carbons (Fsp3) is 0.625. The molecular weight excluding hydrogens is 290 g/mol. The van der Waals surface area contributed by atoms with E-state index in [-0.39, 0.29) is 6.61 Å². The van der Waals surface area contributed by atoms with Gasteiger partial charge in [-0.3, -0.25) is 4.90 Å². The van der Waals surface area contributed by atoms with E-state index >= 15 is 0 Å². The van der Waals surface area contributed by atoms with Gasteiger partial charge in [0.05, 0.1) is 13.2 Å². The highest BCUT2D eigenvalue weighted by molar-refractivity contribution is 6.30. The van der Waals surface area contributed by atoms with Crippen LogP contribution >= 0.6 is 11.6 Å². The molecule has 3 rings (SSSR count). The van der Waals surface area contributed by atoms with E-state index in [9.17, 15) is 5.11 Å². The second-order valence-corrected chi connectivity index (χ2v) is 6.51.